The molecule has 2 aliphatic carbocycles. The van der Waals surface area contributed by atoms with E-state index in [4.69, 9.17) is 0 Å². The molecule has 2 fully saturated rings. The van der Waals surface area contributed by atoms with Crippen molar-refractivity contribution in [2.75, 3.05) is 5.88 Å². The smallest absolute Gasteiger partial charge is 0.254 e. The number of benzene rings is 2. The monoisotopic (exact) mass is 577 g/mol. The summed E-state index contributed by atoms with van der Waals surface area (Å²) in [6, 6.07) is 12.3. The zero-order valence-electron chi connectivity index (χ0n) is 23.4. The third kappa shape index (κ3) is 6.31. The average Bonchev–Trinajstić information content (AvgIpc) is 3.61. The normalized spacial score (nSPS) is 22.8. The minimum Gasteiger partial charge on any atom is -0.508 e. The number of hydrogen-bond donors (Lipinski definition) is 4. The van der Waals surface area contributed by atoms with Crippen molar-refractivity contribution in [3.63, 3.8) is 0 Å². The van der Waals surface area contributed by atoms with E-state index in [0.717, 1.165) is 50.5 Å². The molecule has 218 valence electrons. The summed E-state index contributed by atoms with van der Waals surface area (Å²) in [5, 5.41) is 27.7. The third-order valence-electron chi connectivity index (χ3n) is 8.66. The molecule has 3 amide bonds. The Labute approximate surface area is 245 Å². The molecule has 2 aromatic carbocycles. The molecule has 5 rings (SSSR count). The number of nitrogens with one attached hydrogen (secondary N) is 2. The van der Waals surface area contributed by atoms with Crippen LogP contribution in [0.2, 0.25) is 0 Å². The van der Waals surface area contributed by atoms with Crippen LogP contribution in [0.4, 0.5) is 0 Å². The Balaban J connectivity index is 1.40. The first kappa shape index (κ1) is 29.2. The van der Waals surface area contributed by atoms with Gasteiger partial charge in [0, 0.05) is 21.9 Å². The van der Waals surface area contributed by atoms with E-state index in [1.807, 2.05) is 36.4 Å². The molecular weight excluding hydrogens is 538 g/mol. The van der Waals surface area contributed by atoms with Crippen molar-refractivity contribution in [2.24, 2.45) is 0 Å². The van der Waals surface area contributed by atoms with Gasteiger partial charge in [-0.25, -0.2) is 0 Å². The number of amides is 3. The fraction of sp³-hybridized carbons (Fsp3) is 0.469. The van der Waals surface area contributed by atoms with Crippen molar-refractivity contribution in [3.8, 4) is 5.75 Å². The molecule has 8 nitrogen and oxygen atoms in total. The van der Waals surface area contributed by atoms with Crippen molar-refractivity contribution in [2.45, 2.75) is 87.3 Å². The van der Waals surface area contributed by atoms with Crippen LogP contribution in [0, 0.1) is 6.92 Å². The molecule has 41 heavy (non-hydrogen) atoms. The SMILES string of the molecule is Cc1c(O)cccc1C(=O)NC(Cc1ccccc1)C(O)C(=O)N1CSC2(CCCC2)C1C(=O)NC1C=CCCC1. The highest BCUT2D eigenvalue weighted by molar-refractivity contribution is 8.01. The molecule has 1 saturated carbocycles. The van der Waals surface area contributed by atoms with Gasteiger partial charge in [-0.1, -0.05) is 61.4 Å². The predicted molar refractivity (Wildman–Crippen MR) is 159 cm³/mol. The van der Waals surface area contributed by atoms with Gasteiger partial charge in [-0.15, -0.1) is 11.8 Å². The lowest BCUT2D eigenvalue weighted by Crippen LogP contribution is -2.60. The molecular formula is C32H39N3O5S. The summed E-state index contributed by atoms with van der Waals surface area (Å²) in [5.41, 5.74) is 1.53. The van der Waals surface area contributed by atoms with Gasteiger partial charge in [0.2, 0.25) is 5.91 Å². The number of nitrogens with zero attached hydrogens (tertiary/aromatic N) is 1. The van der Waals surface area contributed by atoms with Crippen LogP contribution in [0.15, 0.2) is 60.7 Å². The third-order valence-corrected chi connectivity index (χ3v) is 10.3. The fourth-order valence-corrected chi connectivity index (χ4v) is 8.00. The van der Waals surface area contributed by atoms with Gasteiger partial charge in [0.15, 0.2) is 6.10 Å². The summed E-state index contributed by atoms with van der Waals surface area (Å²) < 4.78 is -0.366. The van der Waals surface area contributed by atoms with Gasteiger partial charge in [0.05, 0.1) is 11.9 Å². The molecule has 1 saturated heterocycles. The first-order valence-electron chi connectivity index (χ1n) is 14.5. The minimum atomic E-state index is -1.57. The second-order valence-corrected chi connectivity index (χ2v) is 12.8. The van der Waals surface area contributed by atoms with Gasteiger partial charge >= 0.3 is 0 Å². The van der Waals surface area contributed by atoms with Crippen molar-refractivity contribution < 1.29 is 24.6 Å². The van der Waals surface area contributed by atoms with Crippen molar-refractivity contribution in [1.29, 1.82) is 0 Å². The number of phenolic OH excluding ortho intramolecular Hbond substituents is 1. The summed E-state index contributed by atoms with van der Waals surface area (Å²) in [7, 11) is 0. The van der Waals surface area contributed by atoms with Crippen LogP contribution in [0.25, 0.3) is 0 Å². The maximum atomic E-state index is 14.0. The molecule has 4 N–H and O–H groups in total. The maximum absolute atomic E-state index is 14.0. The molecule has 0 bridgehead atoms. The first-order chi connectivity index (χ1) is 19.8. The van der Waals surface area contributed by atoms with Gasteiger partial charge in [-0.2, -0.15) is 0 Å². The highest BCUT2D eigenvalue weighted by Gasteiger charge is 2.55. The highest BCUT2D eigenvalue weighted by atomic mass is 32.2. The lowest BCUT2D eigenvalue weighted by molar-refractivity contribution is -0.147. The lowest BCUT2D eigenvalue weighted by Gasteiger charge is -2.36. The average molecular weight is 578 g/mol. The molecule has 3 aliphatic rings. The van der Waals surface area contributed by atoms with Crippen molar-refractivity contribution >= 4 is 29.5 Å². The van der Waals surface area contributed by atoms with Crippen LogP contribution in [0.1, 0.15) is 66.4 Å². The van der Waals surface area contributed by atoms with Crippen LogP contribution in [0.3, 0.4) is 0 Å². The zero-order valence-corrected chi connectivity index (χ0v) is 24.2. The van der Waals surface area contributed by atoms with Crippen molar-refractivity contribution in [1.82, 2.24) is 15.5 Å². The van der Waals surface area contributed by atoms with Gasteiger partial charge in [0.25, 0.3) is 11.8 Å². The number of hydrogen-bond acceptors (Lipinski definition) is 6. The molecule has 1 aliphatic heterocycles. The molecule has 2 aromatic rings. The Hall–Kier alpha value is -3.30. The van der Waals surface area contributed by atoms with Crippen LogP contribution in [0.5, 0.6) is 5.75 Å². The van der Waals surface area contributed by atoms with Gasteiger partial charge in [-0.05, 0) is 63.1 Å². The highest BCUT2D eigenvalue weighted by Crippen LogP contribution is 2.51. The van der Waals surface area contributed by atoms with Gasteiger partial charge in [0.1, 0.15) is 11.8 Å². The van der Waals surface area contributed by atoms with Crippen molar-refractivity contribution in [3.05, 3.63) is 77.4 Å². The zero-order chi connectivity index (χ0) is 29.0. The van der Waals surface area contributed by atoms with E-state index in [1.54, 1.807) is 30.8 Å². The number of aromatic hydroxyl groups is 1. The topological polar surface area (TPSA) is 119 Å². The fourth-order valence-electron chi connectivity index (χ4n) is 6.36. The second kappa shape index (κ2) is 12.7. The number of thioether (sulfide) groups is 1. The van der Waals surface area contributed by atoms with E-state index < -0.39 is 30.0 Å². The number of aliphatic hydroxyl groups excluding tert-OH is 1. The molecule has 4 unspecified atom stereocenters. The molecule has 4 atom stereocenters. The largest absolute Gasteiger partial charge is 0.508 e. The number of phenols is 1. The Morgan fingerprint density at radius 1 is 1.07 bits per heavy atom. The predicted octanol–water partition coefficient (Wildman–Crippen LogP) is 3.84. The number of rotatable bonds is 8. The Morgan fingerprint density at radius 3 is 2.54 bits per heavy atom. The lowest BCUT2D eigenvalue weighted by atomic mass is 9.92. The first-order valence-corrected chi connectivity index (χ1v) is 15.5. The van der Waals surface area contributed by atoms with Gasteiger partial charge in [-0.3, -0.25) is 14.4 Å². The van der Waals surface area contributed by atoms with E-state index in [-0.39, 0.29) is 34.4 Å². The minimum absolute atomic E-state index is 0.00787. The molecule has 1 heterocycles. The van der Waals surface area contributed by atoms with E-state index >= 15 is 0 Å². The second-order valence-electron chi connectivity index (χ2n) is 11.4. The maximum Gasteiger partial charge on any atom is 0.254 e. The summed E-state index contributed by atoms with van der Waals surface area (Å²) in [6.45, 7) is 1.64. The molecule has 1 spiro atoms. The summed E-state index contributed by atoms with van der Waals surface area (Å²) in [6.07, 6.45) is 9.32. The van der Waals surface area contributed by atoms with E-state index in [2.05, 4.69) is 16.7 Å². The van der Waals surface area contributed by atoms with Crippen LogP contribution < -0.4 is 10.6 Å². The summed E-state index contributed by atoms with van der Waals surface area (Å²) in [4.78, 5) is 42.7. The van der Waals surface area contributed by atoms with Gasteiger partial charge < -0.3 is 25.7 Å². The summed E-state index contributed by atoms with van der Waals surface area (Å²) >= 11 is 1.63. The Bertz CT molecular complexity index is 1290. The molecule has 9 heteroatoms. The quantitative estimate of drug-likeness (QED) is 0.354. The molecule has 0 aromatic heterocycles. The molecule has 0 radical (unpaired) electrons. The van der Waals surface area contributed by atoms with Crippen LogP contribution >= 0.6 is 11.8 Å². The van der Waals surface area contributed by atoms with E-state index in [9.17, 15) is 24.6 Å². The Kier molecular flexibility index (Phi) is 9.04. The van der Waals surface area contributed by atoms with Crippen LogP contribution in [-0.2, 0) is 16.0 Å². The number of carbonyl (C=O) groups is 3. The van der Waals surface area contributed by atoms with E-state index in [0.29, 0.717) is 11.4 Å². The number of aliphatic hydroxyl groups is 1. The number of allylic oxidation sites excluding steroid dienone is 1. The Morgan fingerprint density at radius 2 is 1.83 bits per heavy atom. The van der Waals surface area contributed by atoms with E-state index in [1.165, 1.54) is 11.0 Å². The standard InChI is InChI=1S/C32H39N3O5S/c1-21-24(15-10-16-26(21)36)29(38)34-25(19-22-11-4-2-5-12-22)27(37)31(40)35-20-41-32(17-8-9-18-32)28(35)30(39)33-23-13-6-3-7-14-23/h2,4-6,10-13,15-16,23,25,27-28,36-37H,3,7-9,14,17-20H2,1H3,(H,33,39)(H,34,38). The summed E-state index contributed by atoms with van der Waals surface area (Å²) in [5.74, 6) is -0.923. The number of carbonyl (C=O) groups excluding carboxylic acids is 3. The van der Waals surface area contributed by atoms with Crippen LogP contribution in [-0.4, -0.2) is 67.7 Å².